The summed E-state index contributed by atoms with van der Waals surface area (Å²) in [5.74, 6) is -0.123. The smallest absolute Gasteiger partial charge is 0.249 e. The summed E-state index contributed by atoms with van der Waals surface area (Å²) < 4.78 is 18.9. The zero-order valence-corrected chi connectivity index (χ0v) is 16.9. The second-order valence-electron chi connectivity index (χ2n) is 7.90. The molecule has 7 nitrogen and oxygen atoms in total. The van der Waals surface area contributed by atoms with Crippen LogP contribution in [0.15, 0.2) is 42.9 Å². The number of halogens is 1. The second-order valence-corrected chi connectivity index (χ2v) is 7.90. The van der Waals surface area contributed by atoms with Crippen molar-refractivity contribution < 1.29 is 18.7 Å². The lowest BCUT2D eigenvalue weighted by Crippen LogP contribution is -2.39. The standard InChI is InChI=1S/C22H25FN4O3/c1-30-14-21(29)27-12-16-11-26(20(28)6-5-18-10-24-7-8-25-18)13-19(16)22(27)15-3-2-4-17(23)9-15/h2-4,7-10,16,19,22H,5-6,11-14H2,1H3/t16-,19-,22+/m1/s1. The molecule has 1 aromatic heterocycles. The Balaban J connectivity index is 1.48. The lowest BCUT2D eigenvalue weighted by atomic mass is 9.89. The van der Waals surface area contributed by atoms with E-state index < -0.39 is 0 Å². The van der Waals surface area contributed by atoms with Gasteiger partial charge in [-0.25, -0.2) is 4.39 Å². The van der Waals surface area contributed by atoms with Crippen LogP contribution in [0.3, 0.4) is 0 Å². The van der Waals surface area contributed by atoms with Crippen molar-refractivity contribution in [2.24, 2.45) is 11.8 Å². The van der Waals surface area contributed by atoms with E-state index in [2.05, 4.69) is 9.97 Å². The first-order chi connectivity index (χ1) is 14.6. The van der Waals surface area contributed by atoms with Gasteiger partial charge in [0.05, 0.1) is 11.7 Å². The van der Waals surface area contributed by atoms with Crippen LogP contribution in [0.5, 0.6) is 0 Å². The molecule has 0 aliphatic carbocycles. The molecule has 2 aliphatic rings. The van der Waals surface area contributed by atoms with Gasteiger partial charge in [0.25, 0.3) is 0 Å². The van der Waals surface area contributed by atoms with Gasteiger partial charge in [-0.1, -0.05) is 12.1 Å². The van der Waals surface area contributed by atoms with Crippen LogP contribution < -0.4 is 0 Å². The van der Waals surface area contributed by atoms with E-state index in [1.807, 2.05) is 11.0 Å². The Labute approximate surface area is 174 Å². The highest BCUT2D eigenvalue weighted by atomic mass is 19.1. The quantitative estimate of drug-likeness (QED) is 0.724. The van der Waals surface area contributed by atoms with Crippen LogP contribution in [0.2, 0.25) is 0 Å². The summed E-state index contributed by atoms with van der Waals surface area (Å²) in [4.78, 5) is 37.3. The van der Waals surface area contributed by atoms with Gasteiger partial charge in [-0.15, -0.1) is 0 Å². The van der Waals surface area contributed by atoms with Crippen LogP contribution in [-0.2, 0) is 20.7 Å². The number of fused-ring (bicyclic) bond motifs is 1. The van der Waals surface area contributed by atoms with Crippen LogP contribution in [-0.4, -0.2) is 64.9 Å². The minimum absolute atomic E-state index is 0.00792. The van der Waals surface area contributed by atoms with Gasteiger partial charge in [0.2, 0.25) is 11.8 Å². The van der Waals surface area contributed by atoms with E-state index in [4.69, 9.17) is 4.74 Å². The number of hydrogen-bond acceptors (Lipinski definition) is 5. The summed E-state index contributed by atoms with van der Waals surface area (Å²) >= 11 is 0. The molecule has 4 rings (SSSR count). The Kier molecular flexibility index (Phi) is 6.03. The van der Waals surface area contributed by atoms with Crippen molar-refractivity contribution in [3.05, 3.63) is 59.9 Å². The highest BCUT2D eigenvalue weighted by Crippen LogP contribution is 2.45. The number of carbonyl (C=O) groups is 2. The maximum absolute atomic E-state index is 13.9. The summed E-state index contributed by atoms with van der Waals surface area (Å²) in [6.07, 6.45) is 5.82. The van der Waals surface area contributed by atoms with E-state index in [9.17, 15) is 14.0 Å². The third-order valence-electron chi connectivity index (χ3n) is 6.01. The molecular formula is C22H25FN4O3. The SMILES string of the molecule is COCC(=O)N1C[C@H]2CN(C(=O)CCc3cnccn3)C[C@H]2[C@@H]1c1cccc(F)c1. The third-order valence-corrected chi connectivity index (χ3v) is 6.01. The number of nitrogens with zero attached hydrogens (tertiary/aromatic N) is 4. The summed E-state index contributed by atoms with van der Waals surface area (Å²) in [5, 5.41) is 0. The molecule has 3 atom stereocenters. The molecule has 2 saturated heterocycles. The van der Waals surface area contributed by atoms with E-state index in [-0.39, 0.29) is 42.1 Å². The van der Waals surface area contributed by atoms with Crippen molar-refractivity contribution in [1.29, 1.82) is 0 Å². The van der Waals surface area contributed by atoms with Gasteiger partial charge < -0.3 is 14.5 Å². The first-order valence-electron chi connectivity index (χ1n) is 10.1. The maximum Gasteiger partial charge on any atom is 0.249 e. The molecule has 0 spiro atoms. The zero-order chi connectivity index (χ0) is 21.1. The number of likely N-dealkylation sites (tertiary alicyclic amines) is 2. The molecule has 8 heteroatoms. The van der Waals surface area contributed by atoms with Gasteiger partial charge in [0, 0.05) is 63.6 Å². The number of carbonyl (C=O) groups excluding carboxylic acids is 2. The number of aryl methyl sites for hydroxylation is 1. The van der Waals surface area contributed by atoms with Crippen LogP contribution >= 0.6 is 0 Å². The van der Waals surface area contributed by atoms with Crippen molar-refractivity contribution in [2.45, 2.75) is 18.9 Å². The fourth-order valence-electron chi connectivity index (χ4n) is 4.68. The van der Waals surface area contributed by atoms with E-state index in [1.54, 1.807) is 29.6 Å². The van der Waals surface area contributed by atoms with Crippen LogP contribution in [0.4, 0.5) is 4.39 Å². The van der Waals surface area contributed by atoms with Crippen molar-refractivity contribution in [1.82, 2.24) is 19.8 Å². The largest absolute Gasteiger partial charge is 0.375 e. The highest BCUT2D eigenvalue weighted by Gasteiger charge is 2.49. The number of benzene rings is 1. The van der Waals surface area contributed by atoms with Crippen molar-refractivity contribution in [3.8, 4) is 0 Å². The second kappa shape index (κ2) is 8.87. The molecule has 2 aliphatic heterocycles. The van der Waals surface area contributed by atoms with E-state index in [1.165, 1.54) is 19.2 Å². The molecule has 2 fully saturated rings. The molecule has 158 valence electrons. The molecule has 2 aromatic rings. The predicted molar refractivity (Wildman–Crippen MR) is 107 cm³/mol. The maximum atomic E-state index is 13.9. The monoisotopic (exact) mass is 412 g/mol. The van der Waals surface area contributed by atoms with Gasteiger partial charge in [-0.3, -0.25) is 19.6 Å². The molecule has 0 saturated carbocycles. The van der Waals surface area contributed by atoms with Gasteiger partial charge in [-0.05, 0) is 24.1 Å². The normalized spacial score (nSPS) is 22.9. The zero-order valence-electron chi connectivity index (χ0n) is 16.9. The minimum Gasteiger partial charge on any atom is -0.375 e. The lowest BCUT2D eigenvalue weighted by Gasteiger charge is -2.30. The first-order valence-corrected chi connectivity index (χ1v) is 10.1. The van der Waals surface area contributed by atoms with Crippen molar-refractivity contribution in [3.63, 3.8) is 0 Å². The van der Waals surface area contributed by atoms with Crippen LogP contribution in [0.1, 0.15) is 23.7 Å². The molecule has 0 unspecified atom stereocenters. The Morgan fingerprint density at radius 3 is 2.80 bits per heavy atom. The molecule has 2 amide bonds. The first kappa shape index (κ1) is 20.4. The van der Waals surface area contributed by atoms with Gasteiger partial charge >= 0.3 is 0 Å². The third kappa shape index (κ3) is 4.18. The molecule has 3 heterocycles. The Morgan fingerprint density at radius 1 is 1.20 bits per heavy atom. The van der Waals surface area contributed by atoms with Crippen LogP contribution in [0, 0.1) is 17.7 Å². The molecule has 0 bridgehead atoms. The Hall–Kier alpha value is -2.87. The molecular weight excluding hydrogens is 387 g/mol. The Morgan fingerprint density at radius 2 is 2.07 bits per heavy atom. The fraction of sp³-hybridized carbons (Fsp3) is 0.455. The summed E-state index contributed by atoms with van der Waals surface area (Å²) in [5.41, 5.74) is 1.56. The summed E-state index contributed by atoms with van der Waals surface area (Å²) in [6, 6.07) is 6.14. The van der Waals surface area contributed by atoms with Gasteiger partial charge in [-0.2, -0.15) is 0 Å². The fourth-order valence-corrected chi connectivity index (χ4v) is 4.68. The number of hydrogen-bond donors (Lipinski definition) is 0. The number of aromatic nitrogens is 2. The van der Waals surface area contributed by atoms with E-state index in [0.29, 0.717) is 32.5 Å². The van der Waals surface area contributed by atoms with E-state index in [0.717, 1.165) is 11.3 Å². The molecule has 30 heavy (non-hydrogen) atoms. The predicted octanol–water partition coefficient (Wildman–Crippen LogP) is 1.85. The van der Waals surface area contributed by atoms with Gasteiger partial charge in [0.1, 0.15) is 12.4 Å². The highest BCUT2D eigenvalue weighted by molar-refractivity contribution is 5.79. The average molecular weight is 412 g/mol. The summed E-state index contributed by atoms with van der Waals surface area (Å²) in [7, 11) is 1.49. The van der Waals surface area contributed by atoms with Crippen LogP contribution in [0.25, 0.3) is 0 Å². The Bertz CT molecular complexity index is 910. The number of ether oxygens (including phenoxy) is 1. The number of methoxy groups -OCH3 is 1. The number of amides is 2. The average Bonchev–Trinajstić information content (AvgIpc) is 3.31. The molecule has 0 N–H and O–H groups in total. The van der Waals surface area contributed by atoms with E-state index >= 15 is 0 Å². The molecule has 0 radical (unpaired) electrons. The van der Waals surface area contributed by atoms with Crippen molar-refractivity contribution in [2.75, 3.05) is 33.4 Å². The summed E-state index contributed by atoms with van der Waals surface area (Å²) in [6.45, 7) is 1.70. The lowest BCUT2D eigenvalue weighted by molar-refractivity contribution is -0.137. The minimum atomic E-state index is -0.329. The van der Waals surface area contributed by atoms with Gasteiger partial charge in [0.15, 0.2) is 0 Å². The number of rotatable bonds is 6. The topological polar surface area (TPSA) is 75.6 Å². The molecule has 1 aromatic carbocycles. The van der Waals surface area contributed by atoms with Crippen molar-refractivity contribution >= 4 is 11.8 Å².